The van der Waals surface area contributed by atoms with Gasteiger partial charge in [-0.05, 0) is 73.5 Å². The fraction of sp³-hybridized carbons (Fsp3) is 0.321. The second kappa shape index (κ2) is 12.0. The van der Waals surface area contributed by atoms with Crippen LogP contribution in [0.2, 0.25) is 0 Å². The molecule has 2 aromatic carbocycles. The quantitative estimate of drug-likeness (QED) is 0.389. The Morgan fingerprint density at radius 3 is 2.53 bits per heavy atom. The summed E-state index contributed by atoms with van der Waals surface area (Å²) in [6.45, 7) is 7.09. The minimum atomic E-state index is -0.531. The highest BCUT2D eigenvalue weighted by molar-refractivity contribution is 9.10. The molecule has 178 valence electrons. The largest absolute Gasteiger partial charge is 0.344 e. The van der Waals surface area contributed by atoms with Gasteiger partial charge in [0.15, 0.2) is 0 Å². The number of likely N-dealkylation sites (tertiary alicyclic amines) is 1. The van der Waals surface area contributed by atoms with E-state index in [0.717, 1.165) is 42.8 Å². The number of piperidine rings is 1. The Hall–Kier alpha value is -2.21. The number of rotatable bonds is 7. The summed E-state index contributed by atoms with van der Waals surface area (Å²) in [6.07, 6.45) is 6.70. The van der Waals surface area contributed by atoms with Gasteiger partial charge in [0.25, 0.3) is 0 Å². The van der Waals surface area contributed by atoms with Crippen molar-refractivity contribution in [3.05, 3.63) is 106 Å². The highest BCUT2D eigenvalue weighted by Gasteiger charge is 2.28. The van der Waals surface area contributed by atoms with Crippen molar-refractivity contribution in [3.8, 4) is 0 Å². The van der Waals surface area contributed by atoms with Gasteiger partial charge >= 0.3 is 0 Å². The summed E-state index contributed by atoms with van der Waals surface area (Å²) in [4.78, 5) is 6.96. The average molecular weight is 543 g/mol. The highest BCUT2D eigenvalue weighted by atomic mass is 79.9. The minimum absolute atomic E-state index is 0.00426. The molecule has 4 rings (SSSR count). The summed E-state index contributed by atoms with van der Waals surface area (Å²) in [5, 5.41) is 3.14. The molecule has 0 amide bonds. The first-order chi connectivity index (χ1) is 16.5. The van der Waals surface area contributed by atoms with Gasteiger partial charge in [0.2, 0.25) is 0 Å². The van der Waals surface area contributed by atoms with E-state index in [1.165, 1.54) is 36.2 Å². The monoisotopic (exact) mass is 541 g/mol. The third-order valence-corrected chi connectivity index (χ3v) is 7.42. The Morgan fingerprint density at radius 1 is 1.12 bits per heavy atom. The van der Waals surface area contributed by atoms with Gasteiger partial charge in [-0.25, -0.2) is 9.38 Å². The summed E-state index contributed by atoms with van der Waals surface area (Å²) >= 11 is 9.54. The van der Waals surface area contributed by atoms with Crippen LogP contribution >= 0.6 is 27.5 Å². The molecule has 1 atom stereocenters. The molecule has 0 spiro atoms. The van der Waals surface area contributed by atoms with E-state index in [1.807, 2.05) is 0 Å². The van der Waals surface area contributed by atoms with Crippen molar-refractivity contribution in [1.82, 2.24) is 10.2 Å². The second-order valence-corrected chi connectivity index (χ2v) is 10.3. The van der Waals surface area contributed by atoms with Crippen molar-refractivity contribution in [2.45, 2.75) is 38.1 Å². The number of amidine groups is 1. The van der Waals surface area contributed by atoms with Crippen molar-refractivity contribution < 1.29 is 4.39 Å². The van der Waals surface area contributed by atoms with Crippen molar-refractivity contribution >= 4 is 33.4 Å². The third kappa shape index (κ3) is 6.91. The number of halogens is 3. The zero-order chi connectivity index (χ0) is 23.9. The lowest BCUT2D eigenvalue weighted by molar-refractivity contribution is 0.159. The van der Waals surface area contributed by atoms with E-state index in [0.29, 0.717) is 17.5 Å². The molecule has 2 aromatic rings. The van der Waals surface area contributed by atoms with Crippen molar-refractivity contribution in [1.29, 1.82) is 0 Å². The third-order valence-electron chi connectivity index (χ3n) is 6.61. The van der Waals surface area contributed by atoms with Crippen molar-refractivity contribution in [2.24, 2.45) is 10.9 Å². The van der Waals surface area contributed by atoms with E-state index in [2.05, 4.69) is 92.3 Å². The summed E-state index contributed by atoms with van der Waals surface area (Å²) in [7, 11) is 0. The summed E-state index contributed by atoms with van der Waals surface area (Å²) in [6, 6.07) is 19.4. The number of hydrogen-bond donors (Lipinski definition) is 1. The molecule has 2 heterocycles. The zero-order valence-corrected chi connectivity index (χ0v) is 21.5. The maximum atomic E-state index is 13.9. The molecule has 2 aliphatic rings. The SMILES string of the molecule is C=C1/C=C(F)\C(Cl)=C/N=C(CCC(c2ccc(Br)cc2)C2CCN(Cc3ccccc3)CC2)N1. The van der Waals surface area contributed by atoms with Crippen LogP contribution in [0, 0.1) is 5.92 Å². The number of benzene rings is 2. The maximum absolute atomic E-state index is 13.9. The van der Waals surface area contributed by atoms with Gasteiger partial charge < -0.3 is 5.32 Å². The van der Waals surface area contributed by atoms with Crippen LogP contribution in [0.5, 0.6) is 0 Å². The Kier molecular flexibility index (Phi) is 8.76. The Balaban J connectivity index is 1.44. The number of nitrogens with one attached hydrogen (secondary N) is 1. The predicted octanol–water partition coefficient (Wildman–Crippen LogP) is 7.67. The highest BCUT2D eigenvalue weighted by Crippen LogP contribution is 2.37. The zero-order valence-electron chi connectivity index (χ0n) is 19.2. The molecule has 1 saturated heterocycles. The lowest BCUT2D eigenvalue weighted by Crippen LogP contribution is -2.35. The van der Waals surface area contributed by atoms with E-state index in [-0.39, 0.29) is 5.03 Å². The van der Waals surface area contributed by atoms with Gasteiger partial charge in [-0.2, -0.15) is 0 Å². The lowest BCUT2D eigenvalue weighted by atomic mass is 9.77. The second-order valence-electron chi connectivity index (χ2n) is 8.99. The van der Waals surface area contributed by atoms with Gasteiger partial charge in [-0.1, -0.05) is 76.6 Å². The molecule has 6 heteroatoms. The Morgan fingerprint density at radius 2 is 1.82 bits per heavy atom. The molecule has 0 aromatic heterocycles. The molecule has 0 aliphatic carbocycles. The fourth-order valence-electron chi connectivity index (χ4n) is 4.83. The van der Waals surface area contributed by atoms with Crippen LogP contribution in [-0.2, 0) is 6.54 Å². The van der Waals surface area contributed by atoms with Gasteiger partial charge in [-0.15, -0.1) is 0 Å². The topological polar surface area (TPSA) is 27.6 Å². The molecule has 0 radical (unpaired) electrons. The van der Waals surface area contributed by atoms with Gasteiger partial charge in [-0.3, -0.25) is 4.90 Å². The van der Waals surface area contributed by atoms with E-state index in [1.54, 1.807) is 0 Å². The summed E-state index contributed by atoms with van der Waals surface area (Å²) in [5.74, 6) is 1.25. The summed E-state index contributed by atoms with van der Waals surface area (Å²) < 4.78 is 14.9. The average Bonchev–Trinajstić information content (AvgIpc) is 2.84. The molecule has 0 saturated carbocycles. The smallest absolute Gasteiger partial charge is 0.145 e. The van der Waals surface area contributed by atoms with Gasteiger partial charge in [0.1, 0.15) is 11.7 Å². The molecule has 34 heavy (non-hydrogen) atoms. The summed E-state index contributed by atoms with van der Waals surface area (Å²) in [5.41, 5.74) is 3.18. The van der Waals surface area contributed by atoms with Crippen molar-refractivity contribution in [2.75, 3.05) is 13.1 Å². The van der Waals surface area contributed by atoms with Crippen LogP contribution in [0.25, 0.3) is 0 Å². The molecule has 0 bridgehead atoms. The standard InChI is InChI=1S/C28H30BrClFN3/c1-20-17-27(31)26(30)18-32-28(33-20)12-11-25(22-7-9-24(29)10-8-22)23-13-15-34(16-14-23)19-21-5-3-2-4-6-21/h2-10,17-18,23,25H,1,11-16,19H2,(H,32,33)/b26-18+,27-17+. The molecular weight excluding hydrogens is 513 g/mol. The van der Waals surface area contributed by atoms with Crippen LogP contribution in [0.1, 0.15) is 42.7 Å². The normalized spacial score (nSPS) is 21.9. The lowest BCUT2D eigenvalue weighted by Gasteiger charge is -2.36. The van der Waals surface area contributed by atoms with Crippen molar-refractivity contribution in [3.63, 3.8) is 0 Å². The molecule has 1 unspecified atom stereocenters. The number of nitrogens with zero attached hydrogens (tertiary/aromatic N) is 2. The Bertz CT molecular complexity index is 1070. The van der Waals surface area contributed by atoms with Crippen LogP contribution in [-0.4, -0.2) is 23.8 Å². The first kappa shape index (κ1) is 24.9. The van der Waals surface area contributed by atoms with E-state index < -0.39 is 5.83 Å². The van der Waals surface area contributed by atoms with E-state index >= 15 is 0 Å². The minimum Gasteiger partial charge on any atom is -0.344 e. The fourth-order valence-corrected chi connectivity index (χ4v) is 5.20. The predicted molar refractivity (Wildman–Crippen MR) is 143 cm³/mol. The molecular formula is C28H30BrClFN3. The van der Waals surface area contributed by atoms with Crippen LogP contribution in [0.4, 0.5) is 4.39 Å². The first-order valence-electron chi connectivity index (χ1n) is 11.8. The number of aliphatic imine (C=N–C) groups is 1. The molecule has 3 nitrogen and oxygen atoms in total. The van der Waals surface area contributed by atoms with E-state index in [9.17, 15) is 4.39 Å². The molecule has 1 N–H and O–H groups in total. The van der Waals surface area contributed by atoms with E-state index in [4.69, 9.17) is 11.6 Å². The Labute approximate surface area is 215 Å². The molecule has 2 aliphatic heterocycles. The van der Waals surface area contributed by atoms with Gasteiger partial charge in [0.05, 0.1) is 11.2 Å². The number of hydrogen-bond acceptors (Lipinski definition) is 3. The van der Waals surface area contributed by atoms with Crippen LogP contribution < -0.4 is 5.32 Å². The molecule has 1 fully saturated rings. The number of allylic oxidation sites excluding steroid dienone is 3. The van der Waals surface area contributed by atoms with Crippen LogP contribution in [0.3, 0.4) is 0 Å². The first-order valence-corrected chi connectivity index (χ1v) is 12.9. The van der Waals surface area contributed by atoms with Gasteiger partial charge in [0, 0.05) is 23.1 Å². The van der Waals surface area contributed by atoms with Crippen LogP contribution in [0.15, 0.2) is 99.5 Å². The maximum Gasteiger partial charge on any atom is 0.145 e.